The van der Waals surface area contributed by atoms with E-state index in [0.29, 0.717) is 11.6 Å². The van der Waals surface area contributed by atoms with Crippen molar-refractivity contribution in [3.05, 3.63) is 41.2 Å². The molecule has 2 aromatic rings. The molecule has 100 valence electrons. The number of aromatic nitrogens is 1. The van der Waals surface area contributed by atoms with E-state index >= 15 is 0 Å². The summed E-state index contributed by atoms with van der Waals surface area (Å²) in [5.41, 5.74) is 2.01. The summed E-state index contributed by atoms with van der Waals surface area (Å²) in [4.78, 5) is 11.7. The molecule has 5 heteroatoms. The summed E-state index contributed by atoms with van der Waals surface area (Å²) in [5.74, 6) is 1.52. The average Bonchev–Trinajstić information content (AvgIpc) is 2.74. The van der Waals surface area contributed by atoms with Gasteiger partial charge >= 0.3 is 0 Å². The molecule has 0 aliphatic heterocycles. The number of nitrogens with zero attached hydrogens (tertiary/aromatic N) is 1. The molecule has 0 bridgehead atoms. The van der Waals surface area contributed by atoms with Gasteiger partial charge in [-0.25, -0.2) is 0 Å². The van der Waals surface area contributed by atoms with Gasteiger partial charge < -0.3 is 14.6 Å². The lowest BCUT2D eigenvalue weighted by Crippen LogP contribution is -2.20. The molecule has 0 atom stereocenters. The lowest BCUT2D eigenvalue weighted by molar-refractivity contribution is -0.118. The number of amides is 1. The Kier molecular flexibility index (Phi) is 3.85. The number of carbonyl (C=O) groups is 1. The topological polar surface area (TPSA) is 64.4 Å². The van der Waals surface area contributed by atoms with Crippen molar-refractivity contribution in [3.63, 3.8) is 0 Å². The second kappa shape index (κ2) is 5.56. The third kappa shape index (κ3) is 3.34. The fraction of sp³-hybridized carbons (Fsp3) is 0.286. The van der Waals surface area contributed by atoms with E-state index in [9.17, 15) is 4.79 Å². The number of carbonyl (C=O) groups excluding carboxylic acids is 1. The van der Waals surface area contributed by atoms with Crippen molar-refractivity contribution >= 4 is 11.7 Å². The summed E-state index contributed by atoms with van der Waals surface area (Å²) in [7, 11) is 0. The normalized spacial score (nSPS) is 10.3. The van der Waals surface area contributed by atoms with Crippen LogP contribution in [-0.2, 0) is 4.79 Å². The summed E-state index contributed by atoms with van der Waals surface area (Å²) in [6, 6.07) is 7.50. The van der Waals surface area contributed by atoms with Gasteiger partial charge in [0.05, 0.1) is 0 Å². The fourth-order valence-corrected chi connectivity index (χ4v) is 1.77. The van der Waals surface area contributed by atoms with Crippen molar-refractivity contribution in [1.82, 2.24) is 5.16 Å². The predicted molar refractivity (Wildman–Crippen MR) is 71.3 cm³/mol. The monoisotopic (exact) mass is 260 g/mol. The minimum atomic E-state index is -0.268. The van der Waals surface area contributed by atoms with E-state index in [1.165, 1.54) is 0 Å². The van der Waals surface area contributed by atoms with Crippen LogP contribution in [0.4, 0.5) is 5.82 Å². The summed E-state index contributed by atoms with van der Waals surface area (Å²) >= 11 is 0. The molecule has 2 rings (SSSR count). The van der Waals surface area contributed by atoms with Crippen molar-refractivity contribution < 1.29 is 14.1 Å². The van der Waals surface area contributed by atoms with Crippen molar-refractivity contribution in [2.75, 3.05) is 11.9 Å². The van der Waals surface area contributed by atoms with Gasteiger partial charge in [0.15, 0.2) is 12.4 Å². The number of hydrogen-bond acceptors (Lipinski definition) is 4. The van der Waals surface area contributed by atoms with Gasteiger partial charge in [-0.3, -0.25) is 4.79 Å². The third-order valence-corrected chi connectivity index (χ3v) is 2.65. The van der Waals surface area contributed by atoms with Crippen LogP contribution in [0.2, 0.25) is 0 Å². The van der Waals surface area contributed by atoms with Crippen LogP contribution in [-0.4, -0.2) is 17.7 Å². The maximum absolute atomic E-state index is 11.7. The van der Waals surface area contributed by atoms with Gasteiger partial charge in [0.25, 0.3) is 5.91 Å². The first-order valence-corrected chi connectivity index (χ1v) is 5.98. The largest absolute Gasteiger partial charge is 0.483 e. The first kappa shape index (κ1) is 13.1. The Morgan fingerprint density at radius 3 is 2.58 bits per heavy atom. The third-order valence-electron chi connectivity index (χ3n) is 2.65. The van der Waals surface area contributed by atoms with Gasteiger partial charge in [-0.15, -0.1) is 0 Å². The van der Waals surface area contributed by atoms with Crippen molar-refractivity contribution in [1.29, 1.82) is 0 Å². The van der Waals surface area contributed by atoms with Crippen LogP contribution in [0.25, 0.3) is 0 Å². The summed E-state index contributed by atoms with van der Waals surface area (Å²) in [5, 5.41) is 6.29. The van der Waals surface area contributed by atoms with Crippen molar-refractivity contribution in [2.24, 2.45) is 0 Å². The molecule has 0 fully saturated rings. The minimum absolute atomic E-state index is 0.0579. The molecule has 0 aliphatic rings. The zero-order valence-corrected chi connectivity index (χ0v) is 11.2. The van der Waals surface area contributed by atoms with Crippen LogP contribution >= 0.6 is 0 Å². The van der Waals surface area contributed by atoms with Crippen molar-refractivity contribution in [2.45, 2.75) is 20.8 Å². The molecule has 0 saturated heterocycles. The molecule has 0 saturated carbocycles. The zero-order chi connectivity index (χ0) is 13.8. The highest BCUT2D eigenvalue weighted by molar-refractivity contribution is 5.90. The zero-order valence-electron chi connectivity index (χ0n) is 11.2. The molecule has 0 radical (unpaired) electrons. The number of benzene rings is 1. The van der Waals surface area contributed by atoms with Crippen LogP contribution in [0.5, 0.6) is 5.75 Å². The van der Waals surface area contributed by atoms with Crippen LogP contribution in [0.3, 0.4) is 0 Å². The maximum atomic E-state index is 11.7. The van der Waals surface area contributed by atoms with Crippen LogP contribution in [0.15, 0.2) is 28.8 Å². The Morgan fingerprint density at radius 1 is 1.32 bits per heavy atom. The Bertz CT molecular complexity index is 570. The number of anilines is 1. The van der Waals surface area contributed by atoms with Crippen LogP contribution in [0, 0.1) is 20.8 Å². The highest BCUT2D eigenvalue weighted by atomic mass is 16.5. The molecule has 1 aromatic carbocycles. The number of nitrogens with one attached hydrogen (secondary N) is 1. The van der Waals surface area contributed by atoms with E-state index in [0.717, 1.165) is 16.9 Å². The van der Waals surface area contributed by atoms with E-state index in [2.05, 4.69) is 10.5 Å². The number of para-hydroxylation sites is 1. The van der Waals surface area contributed by atoms with Gasteiger partial charge in [0.1, 0.15) is 11.5 Å². The Hall–Kier alpha value is -2.30. The van der Waals surface area contributed by atoms with E-state index in [4.69, 9.17) is 9.26 Å². The fourth-order valence-electron chi connectivity index (χ4n) is 1.77. The molecule has 1 aromatic heterocycles. The molecule has 1 amide bonds. The molecule has 19 heavy (non-hydrogen) atoms. The van der Waals surface area contributed by atoms with Gasteiger partial charge in [0.2, 0.25) is 0 Å². The number of hydrogen-bond donors (Lipinski definition) is 1. The van der Waals surface area contributed by atoms with Gasteiger partial charge in [-0.1, -0.05) is 23.4 Å². The lowest BCUT2D eigenvalue weighted by atomic mass is 10.1. The first-order valence-electron chi connectivity index (χ1n) is 5.98. The summed E-state index contributed by atoms with van der Waals surface area (Å²) in [6.45, 7) is 5.59. The van der Waals surface area contributed by atoms with E-state index in [1.807, 2.05) is 32.0 Å². The number of ether oxygens (including phenoxy) is 1. The predicted octanol–water partition coefficient (Wildman–Crippen LogP) is 2.62. The average molecular weight is 260 g/mol. The molecule has 1 N–H and O–H groups in total. The van der Waals surface area contributed by atoms with E-state index in [1.54, 1.807) is 13.0 Å². The second-order valence-electron chi connectivity index (χ2n) is 4.38. The van der Waals surface area contributed by atoms with Crippen LogP contribution < -0.4 is 10.1 Å². The summed E-state index contributed by atoms with van der Waals surface area (Å²) < 4.78 is 10.4. The van der Waals surface area contributed by atoms with Crippen LogP contribution in [0.1, 0.15) is 16.9 Å². The van der Waals surface area contributed by atoms with Gasteiger partial charge in [0, 0.05) is 6.07 Å². The van der Waals surface area contributed by atoms with E-state index < -0.39 is 0 Å². The SMILES string of the molecule is Cc1cc(NC(=O)COc2c(C)cccc2C)no1. The molecule has 0 spiro atoms. The Balaban J connectivity index is 1.93. The maximum Gasteiger partial charge on any atom is 0.263 e. The van der Waals surface area contributed by atoms with Gasteiger partial charge in [-0.05, 0) is 31.9 Å². The molecule has 5 nitrogen and oxygen atoms in total. The molecular weight excluding hydrogens is 244 g/mol. The minimum Gasteiger partial charge on any atom is -0.483 e. The lowest BCUT2D eigenvalue weighted by Gasteiger charge is -2.11. The summed E-state index contributed by atoms with van der Waals surface area (Å²) in [6.07, 6.45) is 0. The molecule has 0 aliphatic carbocycles. The number of rotatable bonds is 4. The molecule has 0 unspecified atom stereocenters. The van der Waals surface area contributed by atoms with Crippen molar-refractivity contribution in [3.8, 4) is 5.75 Å². The molecule has 1 heterocycles. The number of aryl methyl sites for hydroxylation is 3. The first-order chi connectivity index (χ1) is 9.06. The quantitative estimate of drug-likeness (QED) is 0.917. The second-order valence-corrected chi connectivity index (χ2v) is 4.38. The molecular formula is C14H16N2O3. The smallest absolute Gasteiger partial charge is 0.263 e. The van der Waals surface area contributed by atoms with Gasteiger partial charge in [-0.2, -0.15) is 0 Å². The highest BCUT2D eigenvalue weighted by Gasteiger charge is 2.09. The standard InChI is InChI=1S/C14H16N2O3/c1-9-5-4-6-10(2)14(9)18-8-13(17)15-12-7-11(3)19-16-12/h4-7H,8H2,1-3H3,(H,15,16,17). The Morgan fingerprint density at radius 2 is 2.00 bits per heavy atom. The Labute approximate surface area is 111 Å². The highest BCUT2D eigenvalue weighted by Crippen LogP contribution is 2.22. The van der Waals surface area contributed by atoms with E-state index in [-0.39, 0.29) is 12.5 Å².